The summed E-state index contributed by atoms with van der Waals surface area (Å²) >= 11 is 0. The summed E-state index contributed by atoms with van der Waals surface area (Å²) in [6, 6.07) is 0. The Morgan fingerprint density at radius 1 is 1.44 bits per heavy atom. The minimum atomic E-state index is -0.856. The van der Waals surface area contributed by atoms with Crippen LogP contribution in [0.15, 0.2) is 24.7 Å². The zero-order valence-corrected chi connectivity index (χ0v) is 10.1. The van der Waals surface area contributed by atoms with E-state index >= 15 is 0 Å². The molecule has 0 saturated carbocycles. The minimum absolute atomic E-state index is 0.0610. The van der Waals surface area contributed by atoms with Gasteiger partial charge in [0.25, 0.3) is 0 Å². The standard InChI is InChI=1S/C12H15N3O3/c1-15(8-2-3-12(17)18)11(16)5-4-10-9-13-6-7-14-10/h4-7,9H,2-3,8H2,1H3,(H,17,18). The van der Waals surface area contributed by atoms with E-state index in [9.17, 15) is 9.59 Å². The molecule has 1 aromatic heterocycles. The summed E-state index contributed by atoms with van der Waals surface area (Å²) in [7, 11) is 1.63. The first-order valence-electron chi connectivity index (χ1n) is 5.50. The second kappa shape index (κ2) is 7.16. The highest BCUT2D eigenvalue weighted by Crippen LogP contribution is 1.98. The number of carboxylic acids is 1. The van der Waals surface area contributed by atoms with Crippen molar-refractivity contribution in [2.75, 3.05) is 13.6 Å². The smallest absolute Gasteiger partial charge is 0.303 e. The van der Waals surface area contributed by atoms with Crippen LogP contribution in [0.25, 0.3) is 6.08 Å². The van der Waals surface area contributed by atoms with Crippen LogP contribution in [0, 0.1) is 0 Å². The Morgan fingerprint density at radius 3 is 2.83 bits per heavy atom. The van der Waals surface area contributed by atoms with Crippen LogP contribution in [-0.2, 0) is 9.59 Å². The molecule has 0 aliphatic heterocycles. The Kier molecular flexibility index (Phi) is 5.50. The highest BCUT2D eigenvalue weighted by molar-refractivity contribution is 5.91. The number of hydrogen-bond acceptors (Lipinski definition) is 4. The first-order chi connectivity index (χ1) is 8.59. The third kappa shape index (κ3) is 5.20. The van der Waals surface area contributed by atoms with Gasteiger partial charge in [0.05, 0.1) is 11.9 Å². The second-order valence-electron chi connectivity index (χ2n) is 3.72. The number of rotatable bonds is 6. The van der Waals surface area contributed by atoms with Gasteiger partial charge in [0, 0.05) is 38.5 Å². The van der Waals surface area contributed by atoms with Crippen LogP contribution in [0.5, 0.6) is 0 Å². The largest absolute Gasteiger partial charge is 0.481 e. The van der Waals surface area contributed by atoms with Gasteiger partial charge >= 0.3 is 5.97 Å². The predicted molar refractivity (Wildman–Crippen MR) is 65.6 cm³/mol. The number of carboxylic acid groups (broad SMARTS) is 1. The molecular weight excluding hydrogens is 234 g/mol. The van der Waals surface area contributed by atoms with Crippen molar-refractivity contribution in [3.63, 3.8) is 0 Å². The molecule has 0 atom stereocenters. The highest BCUT2D eigenvalue weighted by Gasteiger charge is 2.05. The molecule has 96 valence electrons. The van der Waals surface area contributed by atoms with Crippen molar-refractivity contribution in [1.82, 2.24) is 14.9 Å². The maximum Gasteiger partial charge on any atom is 0.303 e. The van der Waals surface area contributed by atoms with E-state index in [2.05, 4.69) is 9.97 Å². The lowest BCUT2D eigenvalue weighted by Gasteiger charge is -2.13. The molecule has 1 rings (SSSR count). The van der Waals surface area contributed by atoms with Crippen molar-refractivity contribution in [3.05, 3.63) is 30.4 Å². The average molecular weight is 249 g/mol. The molecular formula is C12H15N3O3. The van der Waals surface area contributed by atoms with Gasteiger partial charge in [-0.1, -0.05) is 0 Å². The zero-order chi connectivity index (χ0) is 13.4. The molecule has 6 heteroatoms. The Morgan fingerprint density at radius 2 is 2.22 bits per heavy atom. The van der Waals surface area contributed by atoms with Gasteiger partial charge in [-0.3, -0.25) is 19.6 Å². The number of carbonyl (C=O) groups excluding carboxylic acids is 1. The SMILES string of the molecule is CN(CCCC(=O)O)C(=O)C=Cc1cnccn1. The molecule has 0 fully saturated rings. The quantitative estimate of drug-likeness (QED) is 0.754. The lowest BCUT2D eigenvalue weighted by atomic mass is 10.3. The monoisotopic (exact) mass is 249 g/mol. The number of likely N-dealkylation sites (N-methyl/N-ethyl adjacent to an activating group) is 1. The number of hydrogen-bond donors (Lipinski definition) is 1. The normalized spacial score (nSPS) is 10.5. The maximum atomic E-state index is 11.6. The highest BCUT2D eigenvalue weighted by atomic mass is 16.4. The van der Waals surface area contributed by atoms with E-state index in [-0.39, 0.29) is 12.3 Å². The van der Waals surface area contributed by atoms with Crippen LogP contribution < -0.4 is 0 Å². The summed E-state index contributed by atoms with van der Waals surface area (Å²) in [6.45, 7) is 0.413. The van der Waals surface area contributed by atoms with Gasteiger partial charge in [-0.2, -0.15) is 0 Å². The third-order valence-corrected chi connectivity index (χ3v) is 2.24. The molecule has 1 aromatic rings. The van der Waals surface area contributed by atoms with E-state index in [4.69, 9.17) is 5.11 Å². The molecule has 1 amide bonds. The number of aliphatic carboxylic acids is 1. The summed E-state index contributed by atoms with van der Waals surface area (Å²) in [6.07, 6.45) is 8.11. The summed E-state index contributed by atoms with van der Waals surface area (Å²) in [5.74, 6) is -1.04. The fourth-order valence-electron chi connectivity index (χ4n) is 1.26. The summed E-state index contributed by atoms with van der Waals surface area (Å²) in [4.78, 5) is 31.3. The number of nitrogens with zero attached hydrogens (tertiary/aromatic N) is 3. The van der Waals surface area contributed by atoms with E-state index in [1.807, 2.05) is 0 Å². The predicted octanol–water partition coefficient (Wildman–Crippen LogP) is 0.813. The Labute approximate surface area is 105 Å². The molecule has 0 radical (unpaired) electrons. The van der Waals surface area contributed by atoms with Crippen LogP contribution in [0.1, 0.15) is 18.5 Å². The molecule has 0 bridgehead atoms. The fourth-order valence-corrected chi connectivity index (χ4v) is 1.26. The molecule has 1 heterocycles. The molecule has 0 aliphatic rings. The molecule has 0 aliphatic carbocycles. The lowest BCUT2D eigenvalue weighted by Crippen LogP contribution is -2.26. The van der Waals surface area contributed by atoms with E-state index in [0.29, 0.717) is 18.7 Å². The van der Waals surface area contributed by atoms with Crippen molar-refractivity contribution in [2.45, 2.75) is 12.8 Å². The third-order valence-electron chi connectivity index (χ3n) is 2.24. The molecule has 0 spiro atoms. The lowest BCUT2D eigenvalue weighted by molar-refractivity contribution is -0.137. The Hall–Kier alpha value is -2.24. The van der Waals surface area contributed by atoms with Gasteiger partial charge in [-0.15, -0.1) is 0 Å². The molecule has 18 heavy (non-hydrogen) atoms. The number of carbonyl (C=O) groups is 2. The van der Waals surface area contributed by atoms with Crippen LogP contribution in [0.4, 0.5) is 0 Å². The van der Waals surface area contributed by atoms with Gasteiger partial charge in [0.1, 0.15) is 0 Å². The topological polar surface area (TPSA) is 83.4 Å². The number of aromatic nitrogens is 2. The van der Waals surface area contributed by atoms with Gasteiger partial charge in [-0.05, 0) is 12.5 Å². The Bertz CT molecular complexity index is 431. The average Bonchev–Trinajstić information content (AvgIpc) is 2.36. The molecule has 0 saturated heterocycles. The molecule has 0 unspecified atom stereocenters. The molecule has 0 aromatic carbocycles. The second-order valence-corrected chi connectivity index (χ2v) is 3.72. The van der Waals surface area contributed by atoms with Crippen molar-refractivity contribution in [3.8, 4) is 0 Å². The summed E-state index contributed by atoms with van der Waals surface area (Å²) in [5, 5.41) is 8.48. The first kappa shape index (κ1) is 13.8. The first-order valence-corrected chi connectivity index (χ1v) is 5.50. The van der Waals surface area contributed by atoms with Crippen LogP contribution in [0.2, 0.25) is 0 Å². The number of amides is 1. The van der Waals surface area contributed by atoms with E-state index < -0.39 is 5.97 Å². The van der Waals surface area contributed by atoms with Crippen molar-refractivity contribution >= 4 is 18.0 Å². The molecule has 1 N–H and O–H groups in total. The molecule has 6 nitrogen and oxygen atoms in total. The van der Waals surface area contributed by atoms with Gasteiger partial charge in [0.2, 0.25) is 5.91 Å². The van der Waals surface area contributed by atoms with Crippen LogP contribution in [-0.4, -0.2) is 45.4 Å². The van der Waals surface area contributed by atoms with E-state index in [1.165, 1.54) is 11.0 Å². The summed E-state index contributed by atoms with van der Waals surface area (Å²) in [5.41, 5.74) is 0.602. The van der Waals surface area contributed by atoms with Gasteiger partial charge in [-0.25, -0.2) is 0 Å². The van der Waals surface area contributed by atoms with Crippen molar-refractivity contribution in [1.29, 1.82) is 0 Å². The fraction of sp³-hybridized carbons (Fsp3) is 0.333. The van der Waals surface area contributed by atoms with Gasteiger partial charge in [0.15, 0.2) is 0 Å². The maximum absolute atomic E-state index is 11.6. The van der Waals surface area contributed by atoms with Gasteiger partial charge < -0.3 is 10.0 Å². The van der Waals surface area contributed by atoms with E-state index in [1.54, 1.807) is 31.7 Å². The van der Waals surface area contributed by atoms with Crippen molar-refractivity contribution in [2.24, 2.45) is 0 Å². The van der Waals surface area contributed by atoms with Crippen LogP contribution >= 0.6 is 0 Å². The van der Waals surface area contributed by atoms with Crippen LogP contribution in [0.3, 0.4) is 0 Å². The zero-order valence-electron chi connectivity index (χ0n) is 10.1. The summed E-state index contributed by atoms with van der Waals surface area (Å²) < 4.78 is 0. The Balaban J connectivity index is 2.40. The van der Waals surface area contributed by atoms with Crippen molar-refractivity contribution < 1.29 is 14.7 Å². The van der Waals surface area contributed by atoms with E-state index in [0.717, 1.165) is 0 Å². The minimum Gasteiger partial charge on any atom is -0.481 e.